The van der Waals surface area contributed by atoms with E-state index >= 15 is 0 Å². The maximum Gasteiger partial charge on any atom is 0.408 e. The van der Waals surface area contributed by atoms with Gasteiger partial charge in [-0.15, -0.1) is 0 Å². The van der Waals surface area contributed by atoms with Crippen molar-refractivity contribution in [3.05, 3.63) is 36.0 Å². The number of H-pyrrole nitrogens is 1. The fraction of sp³-hybridized carbons (Fsp3) is 0.571. The zero-order chi connectivity index (χ0) is 28.1. The van der Waals surface area contributed by atoms with E-state index in [9.17, 15) is 19.2 Å². The van der Waals surface area contributed by atoms with Crippen molar-refractivity contribution in [1.29, 1.82) is 0 Å². The second-order valence-electron chi connectivity index (χ2n) is 11.2. The number of fused-ring (bicyclic) bond motifs is 1. The summed E-state index contributed by atoms with van der Waals surface area (Å²) in [6.45, 7) is 11.1. The van der Waals surface area contributed by atoms with Crippen LogP contribution in [0.25, 0.3) is 10.9 Å². The Bertz CT molecular complexity index is 1170. The topological polar surface area (TPSA) is 130 Å². The largest absolute Gasteiger partial charge is 0.466 e. The Hall–Kier alpha value is -3.56. The van der Waals surface area contributed by atoms with Crippen molar-refractivity contribution in [2.75, 3.05) is 19.7 Å². The Morgan fingerprint density at radius 2 is 1.84 bits per heavy atom. The van der Waals surface area contributed by atoms with Gasteiger partial charge in [-0.1, -0.05) is 18.2 Å². The molecular formula is C28H40N4O6. The van der Waals surface area contributed by atoms with Crippen LogP contribution in [0.3, 0.4) is 0 Å². The predicted octanol–water partition coefficient (Wildman–Crippen LogP) is 3.30. The second kappa shape index (κ2) is 11.9. The highest BCUT2D eigenvalue weighted by Crippen LogP contribution is 2.23. The molecule has 38 heavy (non-hydrogen) atoms. The highest BCUT2D eigenvalue weighted by atomic mass is 16.6. The Balaban J connectivity index is 1.82. The van der Waals surface area contributed by atoms with E-state index in [2.05, 4.69) is 15.6 Å². The van der Waals surface area contributed by atoms with Crippen LogP contribution in [0.15, 0.2) is 30.5 Å². The van der Waals surface area contributed by atoms with Crippen molar-refractivity contribution < 1.29 is 28.7 Å². The minimum Gasteiger partial charge on any atom is -0.466 e. The fourth-order valence-corrected chi connectivity index (χ4v) is 4.52. The van der Waals surface area contributed by atoms with Crippen LogP contribution in [-0.4, -0.2) is 70.6 Å². The van der Waals surface area contributed by atoms with Gasteiger partial charge in [-0.05, 0) is 66.0 Å². The van der Waals surface area contributed by atoms with Gasteiger partial charge in [0.1, 0.15) is 17.2 Å². The third-order valence-electron chi connectivity index (χ3n) is 6.44. The molecule has 2 aromatic rings. The van der Waals surface area contributed by atoms with Gasteiger partial charge in [-0.25, -0.2) is 4.79 Å². The third-order valence-corrected chi connectivity index (χ3v) is 6.44. The Morgan fingerprint density at radius 3 is 2.53 bits per heavy atom. The molecule has 208 valence electrons. The number of rotatable bonds is 8. The van der Waals surface area contributed by atoms with Gasteiger partial charge in [0.05, 0.1) is 12.5 Å². The molecule has 0 bridgehead atoms. The molecule has 2 unspecified atom stereocenters. The number of esters is 1. The molecule has 0 saturated carbocycles. The lowest BCUT2D eigenvalue weighted by Gasteiger charge is -2.35. The van der Waals surface area contributed by atoms with Gasteiger partial charge in [0.15, 0.2) is 0 Å². The van der Waals surface area contributed by atoms with E-state index < -0.39 is 35.1 Å². The molecule has 1 saturated heterocycles. The number of aromatic nitrogens is 1. The first-order chi connectivity index (χ1) is 17.8. The molecule has 3 rings (SSSR count). The van der Waals surface area contributed by atoms with E-state index in [0.717, 1.165) is 16.5 Å². The highest BCUT2D eigenvalue weighted by molar-refractivity contribution is 5.94. The molecule has 0 spiro atoms. The zero-order valence-corrected chi connectivity index (χ0v) is 23.2. The number of carbonyl (C=O) groups is 4. The van der Waals surface area contributed by atoms with Crippen LogP contribution in [0.1, 0.15) is 59.9 Å². The fourth-order valence-electron chi connectivity index (χ4n) is 4.52. The molecule has 10 heteroatoms. The number of alkyl carbamates (subject to hydrolysis) is 1. The number of hydrogen-bond donors (Lipinski definition) is 3. The number of ether oxygens (including phenoxy) is 2. The standard InChI is InChI=1S/C28H40N4O6/c1-7-37-24(34)18-11-10-14-32(17-18)23(33)22(15-19-16-29-21-13-9-8-12-20(19)21)30-25(35)28(5,6)31-26(36)38-27(2,3)4/h8-9,12-13,16,18,22,29H,7,10-11,14-15,17H2,1-6H3,(H,30,35)(H,31,36). The van der Waals surface area contributed by atoms with E-state index in [1.165, 1.54) is 0 Å². The molecule has 3 amide bonds. The van der Waals surface area contributed by atoms with Crippen molar-refractivity contribution in [2.45, 2.75) is 78.0 Å². The smallest absolute Gasteiger partial charge is 0.408 e. The summed E-state index contributed by atoms with van der Waals surface area (Å²) >= 11 is 0. The molecule has 1 aromatic heterocycles. The second-order valence-corrected chi connectivity index (χ2v) is 11.2. The average molecular weight is 529 g/mol. The van der Waals surface area contributed by atoms with Gasteiger partial charge in [-0.2, -0.15) is 0 Å². The van der Waals surface area contributed by atoms with E-state index in [0.29, 0.717) is 19.4 Å². The number of nitrogens with one attached hydrogen (secondary N) is 3. The molecule has 3 N–H and O–H groups in total. The van der Waals surface area contributed by atoms with E-state index in [-0.39, 0.29) is 31.4 Å². The van der Waals surface area contributed by atoms with Gasteiger partial charge in [0, 0.05) is 36.6 Å². The van der Waals surface area contributed by atoms with Gasteiger partial charge in [0.25, 0.3) is 0 Å². The Morgan fingerprint density at radius 1 is 1.13 bits per heavy atom. The molecule has 2 atom stereocenters. The minimum atomic E-state index is -1.35. The van der Waals surface area contributed by atoms with E-state index in [1.807, 2.05) is 30.5 Å². The Kier molecular flexibility index (Phi) is 9.06. The first-order valence-electron chi connectivity index (χ1n) is 13.1. The average Bonchev–Trinajstić information content (AvgIpc) is 3.24. The van der Waals surface area contributed by atoms with Crippen LogP contribution in [0.4, 0.5) is 4.79 Å². The number of amides is 3. The van der Waals surface area contributed by atoms with Crippen LogP contribution < -0.4 is 10.6 Å². The normalized spacial score (nSPS) is 17.0. The third kappa shape index (κ3) is 7.49. The molecule has 0 radical (unpaired) electrons. The van der Waals surface area contributed by atoms with Crippen molar-refractivity contribution >= 4 is 34.8 Å². The van der Waals surface area contributed by atoms with Gasteiger partial charge >= 0.3 is 12.1 Å². The summed E-state index contributed by atoms with van der Waals surface area (Å²) in [6.07, 6.45) is 2.64. The van der Waals surface area contributed by atoms with Gasteiger partial charge in [-0.3, -0.25) is 14.4 Å². The summed E-state index contributed by atoms with van der Waals surface area (Å²) in [5, 5.41) is 6.41. The molecule has 2 heterocycles. The van der Waals surface area contributed by atoms with Crippen LogP contribution >= 0.6 is 0 Å². The molecule has 10 nitrogen and oxygen atoms in total. The minimum absolute atomic E-state index is 0.234. The number of piperidine rings is 1. The highest BCUT2D eigenvalue weighted by Gasteiger charge is 2.37. The maximum atomic E-state index is 13.8. The number of likely N-dealkylation sites (tertiary alicyclic amines) is 1. The number of hydrogen-bond acceptors (Lipinski definition) is 6. The number of benzene rings is 1. The van der Waals surface area contributed by atoms with Crippen LogP contribution in [-0.2, 0) is 30.3 Å². The summed E-state index contributed by atoms with van der Waals surface area (Å²) in [7, 11) is 0. The molecule has 0 aliphatic carbocycles. The van der Waals surface area contributed by atoms with Crippen molar-refractivity contribution in [2.24, 2.45) is 5.92 Å². The van der Waals surface area contributed by atoms with Crippen molar-refractivity contribution in [3.63, 3.8) is 0 Å². The number of nitrogens with zero attached hydrogens (tertiary/aromatic N) is 1. The SMILES string of the molecule is CCOC(=O)C1CCCN(C(=O)C(Cc2c[nH]c3ccccc23)NC(=O)C(C)(C)NC(=O)OC(C)(C)C)C1. The lowest BCUT2D eigenvalue weighted by atomic mass is 9.96. The summed E-state index contributed by atoms with van der Waals surface area (Å²) < 4.78 is 10.5. The quantitative estimate of drug-likeness (QED) is 0.451. The summed E-state index contributed by atoms with van der Waals surface area (Å²) in [5.74, 6) is -1.53. The summed E-state index contributed by atoms with van der Waals surface area (Å²) in [5.41, 5.74) is -0.284. The van der Waals surface area contributed by atoms with E-state index in [1.54, 1.807) is 46.4 Å². The molecular weight excluding hydrogens is 488 g/mol. The Labute approximate surface area is 223 Å². The monoisotopic (exact) mass is 528 g/mol. The van der Waals surface area contributed by atoms with Crippen LogP contribution in [0.5, 0.6) is 0 Å². The summed E-state index contributed by atoms with van der Waals surface area (Å²) in [4.78, 5) is 56.7. The summed E-state index contributed by atoms with van der Waals surface area (Å²) in [6, 6.07) is 6.81. The molecule has 1 aromatic carbocycles. The molecule has 1 fully saturated rings. The van der Waals surface area contributed by atoms with Gasteiger partial charge < -0.3 is 30.0 Å². The molecule has 1 aliphatic heterocycles. The first kappa shape index (κ1) is 29.0. The van der Waals surface area contributed by atoms with Crippen LogP contribution in [0, 0.1) is 5.92 Å². The zero-order valence-electron chi connectivity index (χ0n) is 23.2. The molecule has 1 aliphatic rings. The lowest BCUT2D eigenvalue weighted by Crippen LogP contribution is -2.60. The number of aromatic amines is 1. The first-order valence-corrected chi connectivity index (χ1v) is 13.1. The van der Waals surface area contributed by atoms with Crippen LogP contribution in [0.2, 0.25) is 0 Å². The predicted molar refractivity (Wildman–Crippen MR) is 143 cm³/mol. The number of carbonyl (C=O) groups excluding carboxylic acids is 4. The maximum absolute atomic E-state index is 13.8. The lowest BCUT2D eigenvalue weighted by molar-refractivity contribution is -0.152. The number of para-hydroxylation sites is 1. The van der Waals surface area contributed by atoms with E-state index in [4.69, 9.17) is 9.47 Å². The van der Waals surface area contributed by atoms with Crippen molar-refractivity contribution in [3.8, 4) is 0 Å². The van der Waals surface area contributed by atoms with Gasteiger partial charge in [0.2, 0.25) is 11.8 Å². The van der Waals surface area contributed by atoms with Crippen molar-refractivity contribution in [1.82, 2.24) is 20.5 Å².